The number of phosphoric acid groups is 1. The molecule has 0 rings (SSSR count). The molecule has 0 aliphatic heterocycles. The highest BCUT2D eigenvalue weighted by Crippen LogP contribution is 2.45. The minimum absolute atomic E-state index is 0.00115. The van der Waals surface area contributed by atoms with E-state index in [-0.39, 0.29) is 25.2 Å². The first-order chi connectivity index (χ1) is 23.5. The average molecular weight is 709 g/mol. The van der Waals surface area contributed by atoms with Crippen molar-refractivity contribution in [1.82, 2.24) is 0 Å². The lowest BCUT2D eigenvalue weighted by Gasteiger charge is -2.29. The highest BCUT2D eigenvalue weighted by molar-refractivity contribution is 7.48. The van der Waals surface area contributed by atoms with E-state index in [4.69, 9.17) is 9.05 Å². The number of quaternary nitrogens is 1. The Hall–Kier alpha value is -1.79. The average Bonchev–Trinajstić information content (AvgIpc) is 3.03. The Morgan fingerprint density at radius 2 is 1.00 bits per heavy atom. The molecule has 2 atom stereocenters. The Morgan fingerprint density at radius 1 is 0.592 bits per heavy atom. The number of rotatable bonds is 34. The summed E-state index contributed by atoms with van der Waals surface area (Å²) in [4.78, 5) is 35.6. The summed E-state index contributed by atoms with van der Waals surface area (Å²) in [7, 11) is 0.939. The number of likely N-dealkylation sites (N-methyl/N-ethyl adjacent to an activating group) is 1. The number of Topliss-reactive ketones (excluding diaryl/α,β-unsaturated/α-hetero) is 1. The number of hydrogen-bond donors (Lipinski definition) is 1. The minimum atomic E-state index is -4.73. The Balaban J connectivity index is 4.27. The van der Waals surface area contributed by atoms with Gasteiger partial charge in [-0.2, -0.15) is 0 Å². The van der Waals surface area contributed by atoms with Crippen LogP contribution in [-0.4, -0.2) is 54.9 Å². The van der Waals surface area contributed by atoms with E-state index >= 15 is 0 Å². The third kappa shape index (κ3) is 34.4. The van der Waals surface area contributed by atoms with Crippen LogP contribution in [0.1, 0.15) is 168 Å². The fraction of sp³-hybridized carbons (Fsp3) is 0.756. The van der Waals surface area contributed by atoms with E-state index in [0.717, 1.165) is 38.5 Å². The van der Waals surface area contributed by atoms with E-state index < -0.39 is 19.9 Å². The van der Waals surface area contributed by atoms with Crippen molar-refractivity contribution in [3.63, 3.8) is 0 Å². The van der Waals surface area contributed by atoms with Crippen LogP contribution in [0.5, 0.6) is 0 Å². The van der Waals surface area contributed by atoms with Gasteiger partial charge in [-0.05, 0) is 51.4 Å². The van der Waals surface area contributed by atoms with Crippen LogP contribution in [0, 0.1) is 0 Å². The van der Waals surface area contributed by atoms with E-state index in [1.165, 1.54) is 89.9 Å². The first-order valence-corrected chi connectivity index (χ1v) is 21.2. The van der Waals surface area contributed by atoms with Gasteiger partial charge in [0, 0.05) is 12.8 Å². The Kier molecular flexibility index (Phi) is 31.0. The Morgan fingerprint density at radius 3 is 1.47 bits per heavy atom. The molecule has 0 aliphatic carbocycles. The van der Waals surface area contributed by atoms with Crippen molar-refractivity contribution in [1.29, 1.82) is 0 Å². The summed E-state index contributed by atoms with van der Waals surface area (Å²) in [6.45, 7) is 4.68. The lowest BCUT2D eigenvalue weighted by Crippen LogP contribution is -2.45. The number of nitrogens with zero attached hydrogens (tertiary/aromatic N) is 1. The van der Waals surface area contributed by atoms with Crippen LogP contribution >= 0.6 is 7.82 Å². The van der Waals surface area contributed by atoms with Crippen LogP contribution in [0.4, 0.5) is 0 Å². The van der Waals surface area contributed by atoms with Gasteiger partial charge in [0.05, 0.1) is 21.1 Å². The summed E-state index contributed by atoms with van der Waals surface area (Å²) in [5, 5.41) is 0. The van der Waals surface area contributed by atoms with Crippen molar-refractivity contribution in [3.8, 4) is 0 Å². The summed E-state index contributed by atoms with van der Waals surface area (Å²) < 4.78 is 23.2. The Labute approximate surface area is 301 Å². The number of hydrogen-bond acceptors (Lipinski definition) is 5. The van der Waals surface area contributed by atoms with Crippen molar-refractivity contribution in [3.05, 3.63) is 48.6 Å². The fourth-order valence-electron chi connectivity index (χ4n) is 5.45. The molecule has 8 heteroatoms. The molecule has 0 radical (unpaired) electrons. The zero-order valence-corrected chi connectivity index (χ0v) is 33.2. The van der Waals surface area contributed by atoms with Crippen LogP contribution < -0.4 is 0 Å². The Bertz CT molecular complexity index is 981. The lowest BCUT2D eigenvalue weighted by atomic mass is 10.0. The molecule has 0 saturated heterocycles. The summed E-state index contributed by atoms with van der Waals surface area (Å²) in [6, 6.07) is 0. The molecule has 0 heterocycles. The highest BCUT2D eigenvalue weighted by atomic mass is 31.2. The fourth-order valence-corrected chi connectivity index (χ4v) is 6.35. The minimum Gasteiger partial charge on any atom is -0.371 e. The molecule has 0 bridgehead atoms. The maximum Gasteiger partial charge on any atom is 0.530 e. The second-order valence-electron chi connectivity index (χ2n) is 14.4. The van der Waals surface area contributed by atoms with E-state index in [0.29, 0.717) is 17.3 Å². The maximum absolute atomic E-state index is 13.0. The van der Waals surface area contributed by atoms with Gasteiger partial charge in [0.15, 0.2) is 11.9 Å². The number of ketones is 1. The molecule has 284 valence electrons. The van der Waals surface area contributed by atoms with Gasteiger partial charge in [0.25, 0.3) is 0 Å². The molecule has 0 aromatic carbocycles. The standard InChI is InChI=1S/C41H74NO6P/c1-6-8-10-12-14-16-18-20-21-22-23-25-27-29-31-33-35-37-41(44)48-49(45,46)47-40(38-42(3,4)5)39(43)36-34-32-30-28-26-24-19-17-15-13-11-9-7-2/h14,16,20-21,23,25,29,31,40H,6-13,15,17-19,22,24,26-28,30,32-38H2,1-5H3/p+1/b16-14-,21-20-,25-23-,31-29-. The van der Waals surface area contributed by atoms with Crippen LogP contribution in [0.25, 0.3) is 0 Å². The summed E-state index contributed by atoms with van der Waals surface area (Å²) in [5.41, 5.74) is 0. The van der Waals surface area contributed by atoms with Crippen LogP contribution in [-0.2, 0) is 23.2 Å². The molecule has 7 nitrogen and oxygen atoms in total. The lowest BCUT2D eigenvalue weighted by molar-refractivity contribution is -0.872. The van der Waals surface area contributed by atoms with Crippen molar-refractivity contribution in [2.75, 3.05) is 27.7 Å². The van der Waals surface area contributed by atoms with Gasteiger partial charge >= 0.3 is 13.8 Å². The number of allylic oxidation sites excluding steroid dienone is 8. The number of carbonyl (C=O) groups excluding carboxylic acids is 2. The van der Waals surface area contributed by atoms with Gasteiger partial charge < -0.3 is 9.01 Å². The zero-order chi connectivity index (χ0) is 36.5. The molecular weight excluding hydrogens is 633 g/mol. The van der Waals surface area contributed by atoms with Gasteiger partial charge in [-0.25, -0.2) is 4.57 Å². The number of unbranched alkanes of at least 4 members (excludes halogenated alkanes) is 16. The quantitative estimate of drug-likeness (QED) is 0.0310. The molecule has 0 saturated carbocycles. The highest BCUT2D eigenvalue weighted by Gasteiger charge is 2.36. The van der Waals surface area contributed by atoms with Crippen molar-refractivity contribution in [2.45, 2.75) is 174 Å². The van der Waals surface area contributed by atoms with E-state index in [1.807, 2.05) is 33.3 Å². The molecule has 0 amide bonds. The molecule has 2 unspecified atom stereocenters. The summed E-state index contributed by atoms with van der Waals surface area (Å²) in [5.74, 6) is -1.02. The van der Waals surface area contributed by atoms with Gasteiger partial charge in [-0.15, -0.1) is 0 Å². The smallest absolute Gasteiger partial charge is 0.371 e. The van der Waals surface area contributed by atoms with Gasteiger partial charge in [-0.3, -0.25) is 19.0 Å². The third-order valence-electron chi connectivity index (χ3n) is 8.29. The predicted molar refractivity (Wildman–Crippen MR) is 207 cm³/mol. The van der Waals surface area contributed by atoms with Crippen LogP contribution in [0.15, 0.2) is 48.6 Å². The predicted octanol–water partition coefficient (Wildman–Crippen LogP) is 11.9. The molecule has 0 aliphatic rings. The van der Waals surface area contributed by atoms with Gasteiger partial charge in [0.2, 0.25) is 0 Å². The van der Waals surface area contributed by atoms with Crippen molar-refractivity contribution in [2.24, 2.45) is 0 Å². The normalized spacial score (nSPS) is 14.4. The van der Waals surface area contributed by atoms with Crippen LogP contribution in [0.2, 0.25) is 0 Å². The van der Waals surface area contributed by atoms with Gasteiger partial charge in [-0.1, -0.05) is 152 Å². The summed E-state index contributed by atoms with van der Waals surface area (Å²) >= 11 is 0. The largest absolute Gasteiger partial charge is 0.530 e. The summed E-state index contributed by atoms with van der Waals surface area (Å²) in [6.07, 6.45) is 41.0. The molecule has 0 aromatic heterocycles. The molecule has 49 heavy (non-hydrogen) atoms. The third-order valence-corrected chi connectivity index (χ3v) is 9.24. The molecule has 1 N–H and O–H groups in total. The SMILES string of the molecule is CCCCC/C=C\C/C=C\C/C=C\C/C=C\CCCC(=O)OP(=O)(O)OC(C[N+](C)(C)C)C(=O)CCCCCCCCCCCCCCC. The van der Waals surface area contributed by atoms with Crippen molar-refractivity contribution < 1.29 is 32.6 Å². The maximum atomic E-state index is 13.0. The van der Waals surface area contributed by atoms with Gasteiger partial charge in [0.1, 0.15) is 6.54 Å². The zero-order valence-electron chi connectivity index (χ0n) is 32.3. The first-order valence-electron chi connectivity index (χ1n) is 19.7. The molecule has 0 fully saturated rings. The second kappa shape index (κ2) is 32.1. The van der Waals surface area contributed by atoms with Crippen LogP contribution in [0.3, 0.4) is 0 Å². The monoisotopic (exact) mass is 709 g/mol. The second-order valence-corrected chi connectivity index (χ2v) is 15.8. The topological polar surface area (TPSA) is 89.9 Å². The molecule has 0 aromatic rings. The van der Waals surface area contributed by atoms with E-state index in [2.05, 4.69) is 50.3 Å². The molecular formula is C41H75NO6P+. The number of carbonyl (C=O) groups is 2. The van der Waals surface area contributed by atoms with E-state index in [1.54, 1.807) is 0 Å². The van der Waals surface area contributed by atoms with Crippen molar-refractivity contribution >= 4 is 19.6 Å². The molecule has 0 spiro atoms. The van der Waals surface area contributed by atoms with E-state index in [9.17, 15) is 19.0 Å². The number of phosphoric ester groups is 1. The first kappa shape index (κ1) is 47.2.